The molecule has 8 heteroatoms. The molecule has 3 aromatic carbocycles. The number of nitrogens with zero attached hydrogens (tertiary/aromatic N) is 2. The quantitative estimate of drug-likeness (QED) is 0.230. The Labute approximate surface area is 187 Å². The molecule has 1 fully saturated rings. The van der Waals surface area contributed by atoms with Gasteiger partial charge in [0, 0.05) is 17.7 Å². The first-order valence-corrected chi connectivity index (χ1v) is 10.4. The Morgan fingerprint density at radius 3 is 2.56 bits per heavy atom. The molecule has 0 radical (unpaired) electrons. The van der Waals surface area contributed by atoms with Crippen LogP contribution in [0.25, 0.3) is 16.8 Å². The molecule has 0 saturated carbocycles. The van der Waals surface area contributed by atoms with Crippen LogP contribution in [0.5, 0.6) is 5.75 Å². The molecule has 3 aromatic rings. The van der Waals surface area contributed by atoms with Gasteiger partial charge in [0.25, 0.3) is 16.8 Å². The summed E-state index contributed by atoms with van der Waals surface area (Å²) in [4.78, 5) is 36.5. The molecular formula is C24H16N2O5S. The van der Waals surface area contributed by atoms with Gasteiger partial charge in [-0.05, 0) is 52.4 Å². The second-order valence-electron chi connectivity index (χ2n) is 6.88. The van der Waals surface area contributed by atoms with Gasteiger partial charge >= 0.3 is 0 Å². The van der Waals surface area contributed by atoms with Gasteiger partial charge in [-0.15, -0.1) is 6.42 Å². The number of carbonyl (C=O) groups is 2. The number of hydrogen-bond donors (Lipinski definition) is 0. The van der Waals surface area contributed by atoms with Crippen LogP contribution in [0.15, 0.2) is 65.6 Å². The number of amides is 2. The van der Waals surface area contributed by atoms with Crippen molar-refractivity contribution in [3.63, 3.8) is 0 Å². The highest BCUT2D eigenvalue weighted by molar-refractivity contribution is 8.18. The molecule has 2 amide bonds. The molecule has 1 aliphatic heterocycles. The number of fused-ring (bicyclic) bond motifs is 1. The number of thioether (sulfide) groups is 1. The van der Waals surface area contributed by atoms with Crippen LogP contribution in [-0.4, -0.2) is 27.5 Å². The second kappa shape index (κ2) is 8.96. The monoisotopic (exact) mass is 444 g/mol. The van der Waals surface area contributed by atoms with Gasteiger partial charge in [0.1, 0.15) is 12.4 Å². The molecule has 0 spiro atoms. The topological polar surface area (TPSA) is 89.8 Å². The van der Waals surface area contributed by atoms with Crippen LogP contribution in [0.1, 0.15) is 11.1 Å². The van der Waals surface area contributed by atoms with Crippen molar-refractivity contribution in [3.8, 4) is 18.1 Å². The van der Waals surface area contributed by atoms with Crippen LogP contribution >= 0.6 is 11.8 Å². The number of carbonyl (C=O) groups excluding carboxylic acids is 2. The van der Waals surface area contributed by atoms with Gasteiger partial charge in [0.2, 0.25) is 0 Å². The highest BCUT2D eigenvalue weighted by Gasteiger charge is 2.34. The van der Waals surface area contributed by atoms with Crippen LogP contribution in [0, 0.1) is 22.5 Å². The van der Waals surface area contributed by atoms with Gasteiger partial charge < -0.3 is 4.74 Å². The Morgan fingerprint density at radius 2 is 1.84 bits per heavy atom. The molecule has 0 aliphatic carbocycles. The largest absolute Gasteiger partial charge is 0.488 e. The van der Waals surface area contributed by atoms with E-state index in [0.29, 0.717) is 11.3 Å². The minimum absolute atomic E-state index is 0.00263. The van der Waals surface area contributed by atoms with Gasteiger partial charge in [-0.25, -0.2) is 0 Å². The number of rotatable bonds is 6. The molecule has 0 unspecified atom stereocenters. The number of terminal acetylenes is 1. The fourth-order valence-corrected chi connectivity index (χ4v) is 4.10. The molecule has 1 aliphatic rings. The average molecular weight is 444 g/mol. The van der Waals surface area contributed by atoms with Crippen LogP contribution in [-0.2, 0) is 11.4 Å². The molecule has 0 atom stereocenters. The van der Waals surface area contributed by atoms with Gasteiger partial charge in [-0.2, -0.15) is 0 Å². The number of ether oxygens (including phenoxy) is 1. The molecule has 0 aromatic heterocycles. The SMILES string of the molecule is C#CCN1C(=O)S/C(=C/c2c(OCc3ccc([N+](=O)[O-])cc3)ccc3ccccc23)C1=O. The number of nitro groups is 1. The van der Waals surface area contributed by atoms with Crippen LogP contribution in [0.2, 0.25) is 0 Å². The number of nitro benzene ring substituents is 1. The molecular weight excluding hydrogens is 428 g/mol. The molecule has 1 heterocycles. The third-order valence-corrected chi connectivity index (χ3v) is 5.78. The van der Waals surface area contributed by atoms with Gasteiger partial charge in [0.15, 0.2) is 0 Å². The van der Waals surface area contributed by atoms with Gasteiger partial charge in [-0.1, -0.05) is 36.3 Å². The van der Waals surface area contributed by atoms with E-state index in [9.17, 15) is 19.7 Å². The Kier molecular flexibility index (Phi) is 5.92. The van der Waals surface area contributed by atoms with Crippen LogP contribution < -0.4 is 4.74 Å². The maximum Gasteiger partial charge on any atom is 0.294 e. The Bertz CT molecular complexity index is 1310. The van der Waals surface area contributed by atoms with E-state index < -0.39 is 16.1 Å². The van der Waals surface area contributed by atoms with E-state index >= 15 is 0 Å². The van der Waals surface area contributed by atoms with Gasteiger partial charge in [0.05, 0.1) is 16.4 Å². The number of hydrogen-bond acceptors (Lipinski definition) is 6. The van der Waals surface area contributed by atoms with E-state index in [4.69, 9.17) is 11.2 Å². The molecule has 0 N–H and O–H groups in total. The minimum atomic E-state index is -0.459. The van der Waals surface area contributed by atoms with Crippen molar-refractivity contribution < 1.29 is 19.2 Å². The highest BCUT2D eigenvalue weighted by atomic mass is 32.2. The molecule has 7 nitrogen and oxygen atoms in total. The summed E-state index contributed by atoms with van der Waals surface area (Å²) < 4.78 is 6.01. The number of non-ortho nitro benzene ring substituents is 1. The van der Waals surface area contributed by atoms with E-state index in [-0.39, 0.29) is 23.7 Å². The van der Waals surface area contributed by atoms with E-state index in [1.165, 1.54) is 12.1 Å². The smallest absolute Gasteiger partial charge is 0.294 e. The predicted molar refractivity (Wildman–Crippen MR) is 123 cm³/mol. The van der Waals surface area contributed by atoms with Crippen molar-refractivity contribution in [1.29, 1.82) is 0 Å². The first-order valence-electron chi connectivity index (χ1n) is 9.54. The first kappa shape index (κ1) is 21.2. The molecule has 0 bridgehead atoms. The van der Waals surface area contributed by atoms with E-state index in [1.54, 1.807) is 24.3 Å². The number of imide groups is 1. The van der Waals surface area contributed by atoms with Crippen molar-refractivity contribution in [3.05, 3.63) is 86.8 Å². The maximum absolute atomic E-state index is 12.6. The second-order valence-corrected chi connectivity index (χ2v) is 7.88. The normalized spacial score (nSPS) is 14.7. The summed E-state index contributed by atoms with van der Waals surface area (Å²) >= 11 is 0.836. The Balaban J connectivity index is 1.69. The van der Waals surface area contributed by atoms with Crippen molar-refractivity contribution >= 4 is 45.4 Å². The minimum Gasteiger partial charge on any atom is -0.488 e. The summed E-state index contributed by atoms with van der Waals surface area (Å²) in [5, 5.41) is 12.2. The van der Waals surface area contributed by atoms with Crippen molar-refractivity contribution in [2.75, 3.05) is 6.54 Å². The third-order valence-electron chi connectivity index (χ3n) is 4.87. The lowest BCUT2D eigenvalue weighted by Gasteiger charge is -2.13. The maximum atomic E-state index is 12.6. The zero-order chi connectivity index (χ0) is 22.7. The van der Waals surface area contributed by atoms with Crippen LogP contribution in [0.3, 0.4) is 0 Å². The third kappa shape index (κ3) is 4.19. The lowest BCUT2D eigenvalue weighted by Crippen LogP contribution is -2.28. The molecule has 158 valence electrons. The highest BCUT2D eigenvalue weighted by Crippen LogP contribution is 2.37. The Hall–Kier alpha value is -4.09. The molecule has 4 rings (SSSR count). The Morgan fingerprint density at radius 1 is 1.09 bits per heavy atom. The average Bonchev–Trinajstić information content (AvgIpc) is 3.06. The fraction of sp³-hybridized carbons (Fsp3) is 0.0833. The van der Waals surface area contributed by atoms with Crippen LogP contribution in [0.4, 0.5) is 10.5 Å². The lowest BCUT2D eigenvalue weighted by atomic mass is 10.0. The molecule has 32 heavy (non-hydrogen) atoms. The molecule has 1 saturated heterocycles. The summed E-state index contributed by atoms with van der Waals surface area (Å²) in [7, 11) is 0. The van der Waals surface area contributed by atoms with Crippen molar-refractivity contribution in [2.24, 2.45) is 0 Å². The zero-order valence-electron chi connectivity index (χ0n) is 16.7. The predicted octanol–water partition coefficient (Wildman–Crippen LogP) is 5.00. The van der Waals surface area contributed by atoms with E-state index in [1.807, 2.05) is 30.3 Å². The fourth-order valence-electron chi connectivity index (χ4n) is 3.28. The van der Waals surface area contributed by atoms with E-state index in [0.717, 1.165) is 33.0 Å². The van der Waals surface area contributed by atoms with E-state index in [2.05, 4.69) is 5.92 Å². The standard InChI is InChI=1S/C24H16N2O5S/c1-2-13-25-23(27)22(32-24(25)28)14-20-19-6-4-3-5-17(19)9-12-21(20)31-15-16-7-10-18(11-8-16)26(29)30/h1,3-12,14H,13,15H2/b22-14+. The lowest BCUT2D eigenvalue weighted by molar-refractivity contribution is -0.384. The summed E-state index contributed by atoms with van der Waals surface area (Å²) in [6.45, 7) is 0.0940. The zero-order valence-corrected chi connectivity index (χ0v) is 17.5. The van der Waals surface area contributed by atoms with Crippen molar-refractivity contribution in [1.82, 2.24) is 4.90 Å². The summed E-state index contributed by atoms with van der Waals surface area (Å²) in [5.74, 6) is 2.40. The van der Waals surface area contributed by atoms with Crippen molar-refractivity contribution in [2.45, 2.75) is 6.61 Å². The summed E-state index contributed by atoms with van der Waals surface area (Å²) in [6.07, 6.45) is 6.92. The summed E-state index contributed by atoms with van der Waals surface area (Å²) in [5.41, 5.74) is 1.42. The number of benzene rings is 3. The summed E-state index contributed by atoms with van der Waals surface area (Å²) in [6, 6.07) is 17.4. The van der Waals surface area contributed by atoms with Gasteiger partial charge in [-0.3, -0.25) is 24.6 Å². The first-order chi connectivity index (χ1) is 15.5.